The van der Waals surface area contributed by atoms with E-state index in [9.17, 15) is 27.1 Å². The maximum Gasteiger partial charge on any atom is 0.200 e. The third kappa shape index (κ3) is 2.43. The summed E-state index contributed by atoms with van der Waals surface area (Å²) in [6, 6.07) is 5.52. The number of aliphatic hydroxyl groups is 1. The van der Waals surface area contributed by atoms with Gasteiger partial charge in [-0.1, -0.05) is 28.1 Å². The Kier molecular flexibility index (Phi) is 4.10. The van der Waals surface area contributed by atoms with Crippen LogP contribution in [-0.4, -0.2) is 5.11 Å². The molecule has 7 heteroatoms. The van der Waals surface area contributed by atoms with Crippen molar-refractivity contribution in [2.45, 2.75) is 6.10 Å². The zero-order chi connectivity index (χ0) is 15.0. The highest BCUT2D eigenvalue weighted by atomic mass is 79.9. The predicted molar refractivity (Wildman–Crippen MR) is 64.4 cm³/mol. The molecule has 2 aromatic carbocycles. The quantitative estimate of drug-likeness (QED) is 0.487. The van der Waals surface area contributed by atoms with Gasteiger partial charge in [-0.2, -0.15) is 0 Å². The normalized spacial score (nSPS) is 12.6. The van der Waals surface area contributed by atoms with E-state index < -0.39 is 40.8 Å². The maximum absolute atomic E-state index is 13.5. The second-order valence-electron chi connectivity index (χ2n) is 3.94. The molecule has 2 aromatic rings. The van der Waals surface area contributed by atoms with Crippen LogP contribution in [0.3, 0.4) is 0 Å². The Morgan fingerprint density at radius 1 is 0.750 bits per heavy atom. The molecule has 0 amide bonds. The molecular formula is C13H6BrF5O. The van der Waals surface area contributed by atoms with Crippen LogP contribution in [0.2, 0.25) is 0 Å². The summed E-state index contributed by atoms with van der Waals surface area (Å²) in [7, 11) is 0. The SMILES string of the molecule is O[C@@H](c1ccc(Br)cc1)c1c(F)c(F)c(F)c(F)c1F. The Hall–Kier alpha value is -1.47. The molecule has 0 unspecified atom stereocenters. The van der Waals surface area contributed by atoms with Crippen molar-refractivity contribution < 1.29 is 27.1 Å². The molecule has 2 rings (SSSR count). The van der Waals surface area contributed by atoms with Crippen LogP contribution in [-0.2, 0) is 0 Å². The lowest BCUT2D eigenvalue weighted by molar-refractivity contribution is 0.202. The van der Waals surface area contributed by atoms with E-state index in [1.165, 1.54) is 24.3 Å². The number of hydrogen-bond donors (Lipinski definition) is 1. The van der Waals surface area contributed by atoms with Gasteiger partial charge in [0.2, 0.25) is 5.82 Å². The van der Waals surface area contributed by atoms with Crippen molar-refractivity contribution in [2.75, 3.05) is 0 Å². The molecule has 106 valence electrons. The highest BCUT2D eigenvalue weighted by Gasteiger charge is 2.30. The van der Waals surface area contributed by atoms with E-state index in [0.29, 0.717) is 4.47 Å². The largest absolute Gasteiger partial charge is 0.383 e. The number of rotatable bonds is 2. The number of benzene rings is 2. The summed E-state index contributed by atoms with van der Waals surface area (Å²) in [5.41, 5.74) is -1.28. The van der Waals surface area contributed by atoms with Crippen molar-refractivity contribution >= 4 is 15.9 Å². The van der Waals surface area contributed by atoms with E-state index in [4.69, 9.17) is 0 Å². The van der Waals surface area contributed by atoms with Crippen LogP contribution in [0.4, 0.5) is 22.0 Å². The summed E-state index contributed by atoms with van der Waals surface area (Å²) in [6.45, 7) is 0. The maximum atomic E-state index is 13.5. The lowest BCUT2D eigenvalue weighted by Gasteiger charge is -2.14. The Morgan fingerprint density at radius 2 is 1.15 bits per heavy atom. The van der Waals surface area contributed by atoms with Gasteiger partial charge in [0.05, 0.1) is 5.56 Å². The van der Waals surface area contributed by atoms with E-state index >= 15 is 0 Å². The van der Waals surface area contributed by atoms with Crippen LogP contribution in [0, 0.1) is 29.1 Å². The fourth-order valence-electron chi connectivity index (χ4n) is 1.67. The van der Waals surface area contributed by atoms with E-state index in [0.717, 1.165) is 0 Å². The van der Waals surface area contributed by atoms with Gasteiger partial charge < -0.3 is 5.11 Å². The Balaban J connectivity index is 2.60. The molecule has 0 saturated carbocycles. The second kappa shape index (κ2) is 5.49. The number of aliphatic hydroxyl groups excluding tert-OH is 1. The van der Waals surface area contributed by atoms with E-state index in [1.807, 2.05) is 0 Å². The smallest absolute Gasteiger partial charge is 0.200 e. The average Bonchev–Trinajstić information content (AvgIpc) is 2.44. The molecule has 0 radical (unpaired) electrons. The molecule has 0 fully saturated rings. The van der Waals surface area contributed by atoms with Crippen LogP contribution in [0.1, 0.15) is 17.2 Å². The van der Waals surface area contributed by atoms with Gasteiger partial charge in [0.25, 0.3) is 0 Å². The van der Waals surface area contributed by atoms with Crippen molar-refractivity contribution in [3.8, 4) is 0 Å². The van der Waals surface area contributed by atoms with Crippen LogP contribution >= 0.6 is 15.9 Å². The fraction of sp³-hybridized carbons (Fsp3) is 0.0769. The van der Waals surface area contributed by atoms with E-state index in [1.54, 1.807) is 0 Å². The third-order valence-electron chi connectivity index (χ3n) is 2.70. The van der Waals surface area contributed by atoms with Gasteiger partial charge >= 0.3 is 0 Å². The van der Waals surface area contributed by atoms with E-state index in [2.05, 4.69) is 15.9 Å². The van der Waals surface area contributed by atoms with Crippen molar-refractivity contribution in [3.63, 3.8) is 0 Å². The molecule has 20 heavy (non-hydrogen) atoms. The third-order valence-corrected chi connectivity index (χ3v) is 3.23. The van der Waals surface area contributed by atoms with Gasteiger partial charge in [0.15, 0.2) is 23.3 Å². The van der Waals surface area contributed by atoms with Crippen molar-refractivity contribution in [3.05, 3.63) is 69.0 Å². The standard InChI is InChI=1S/C13H6BrF5O/c14-6-3-1-5(2-4-6)13(20)7-8(15)10(17)12(19)11(18)9(7)16/h1-4,13,20H/t13-/m0/s1. The van der Waals surface area contributed by atoms with Crippen LogP contribution in [0.15, 0.2) is 28.7 Å². The first-order valence-electron chi connectivity index (χ1n) is 5.29. The summed E-state index contributed by atoms with van der Waals surface area (Å²) >= 11 is 3.11. The lowest BCUT2D eigenvalue weighted by Crippen LogP contribution is -2.12. The van der Waals surface area contributed by atoms with Crippen molar-refractivity contribution in [1.29, 1.82) is 0 Å². The first kappa shape index (κ1) is 14.9. The summed E-state index contributed by atoms with van der Waals surface area (Å²) < 4.78 is 66.7. The monoisotopic (exact) mass is 352 g/mol. The highest BCUT2D eigenvalue weighted by Crippen LogP contribution is 2.31. The van der Waals surface area contributed by atoms with Gasteiger partial charge in [0.1, 0.15) is 6.10 Å². The zero-order valence-electron chi connectivity index (χ0n) is 9.60. The molecule has 1 nitrogen and oxygen atoms in total. The summed E-state index contributed by atoms with van der Waals surface area (Å²) in [4.78, 5) is 0. The Labute approximate surface area is 118 Å². The first-order chi connectivity index (χ1) is 9.34. The molecule has 0 aliphatic heterocycles. The van der Waals surface area contributed by atoms with Gasteiger partial charge in [-0.3, -0.25) is 0 Å². The van der Waals surface area contributed by atoms with Crippen molar-refractivity contribution in [2.24, 2.45) is 0 Å². The summed E-state index contributed by atoms with van der Waals surface area (Å²) in [6.07, 6.45) is -1.97. The molecule has 0 heterocycles. The van der Waals surface area contributed by atoms with Crippen LogP contribution in [0.25, 0.3) is 0 Å². The molecule has 0 aromatic heterocycles. The molecule has 1 N–H and O–H groups in total. The van der Waals surface area contributed by atoms with Gasteiger partial charge in [-0.15, -0.1) is 0 Å². The topological polar surface area (TPSA) is 20.2 Å². The minimum Gasteiger partial charge on any atom is -0.383 e. The van der Waals surface area contributed by atoms with Crippen LogP contribution < -0.4 is 0 Å². The predicted octanol–water partition coefficient (Wildman–Crippen LogP) is 4.23. The van der Waals surface area contributed by atoms with Gasteiger partial charge in [0, 0.05) is 4.47 Å². The Bertz CT molecular complexity index is 628. The summed E-state index contributed by atoms with van der Waals surface area (Å²) in [5.74, 6) is -10.5. The molecule has 0 saturated heterocycles. The average molecular weight is 353 g/mol. The first-order valence-corrected chi connectivity index (χ1v) is 6.08. The van der Waals surface area contributed by atoms with Crippen molar-refractivity contribution in [1.82, 2.24) is 0 Å². The summed E-state index contributed by atoms with van der Waals surface area (Å²) in [5, 5.41) is 9.83. The molecule has 0 spiro atoms. The van der Waals surface area contributed by atoms with E-state index in [-0.39, 0.29) is 5.56 Å². The second-order valence-corrected chi connectivity index (χ2v) is 4.85. The molecular weight excluding hydrogens is 347 g/mol. The fourth-order valence-corrected chi connectivity index (χ4v) is 1.94. The van der Waals surface area contributed by atoms with Gasteiger partial charge in [-0.05, 0) is 17.7 Å². The van der Waals surface area contributed by atoms with Crippen LogP contribution in [0.5, 0.6) is 0 Å². The minimum absolute atomic E-state index is 0.00333. The number of hydrogen-bond acceptors (Lipinski definition) is 1. The molecule has 0 aliphatic rings. The molecule has 1 atom stereocenters. The highest BCUT2D eigenvalue weighted by molar-refractivity contribution is 9.10. The molecule has 0 aliphatic carbocycles. The zero-order valence-corrected chi connectivity index (χ0v) is 11.2. The Morgan fingerprint density at radius 3 is 1.60 bits per heavy atom. The van der Waals surface area contributed by atoms with Gasteiger partial charge in [-0.25, -0.2) is 22.0 Å². The lowest BCUT2D eigenvalue weighted by atomic mass is 10.00. The minimum atomic E-state index is -2.26. The molecule has 0 bridgehead atoms. The number of halogens is 6.